The van der Waals surface area contributed by atoms with E-state index in [1.807, 2.05) is 6.92 Å². The van der Waals surface area contributed by atoms with Crippen LogP contribution in [-0.4, -0.2) is 37.3 Å². The third-order valence-corrected chi connectivity index (χ3v) is 6.58. The van der Waals surface area contributed by atoms with Crippen LogP contribution in [0, 0.1) is 10.1 Å². The number of carbonyl (C=O) groups excluding carboxylic acids is 2. The number of nitro groups is 1. The molecule has 0 fully saturated rings. The van der Waals surface area contributed by atoms with E-state index >= 15 is 0 Å². The Balaban J connectivity index is 1.66. The van der Waals surface area contributed by atoms with E-state index in [1.54, 1.807) is 17.6 Å². The van der Waals surface area contributed by atoms with Gasteiger partial charge in [0.1, 0.15) is 0 Å². The number of hydrogen-bond acceptors (Lipinski definition) is 7. The van der Waals surface area contributed by atoms with Crippen molar-refractivity contribution in [1.29, 1.82) is 0 Å². The molecule has 0 aliphatic heterocycles. The number of halogens is 3. The molecule has 0 unspecified atom stereocenters. The van der Waals surface area contributed by atoms with E-state index < -0.39 is 22.8 Å². The Morgan fingerprint density at radius 1 is 1.14 bits per heavy atom. The second-order valence-corrected chi connectivity index (χ2v) is 9.36. The summed E-state index contributed by atoms with van der Waals surface area (Å²) in [6.45, 7) is 4.12. The molecule has 2 N–H and O–H groups in total. The van der Waals surface area contributed by atoms with Crippen LogP contribution in [0.25, 0.3) is 0 Å². The maximum absolute atomic E-state index is 12.6. The lowest BCUT2D eigenvalue weighted by atomic mass is 10.2. The highest BCUT2D eigenvalue weighted by Crippen LogP contribution is 2.28. The van der Waals surface area contributed by atoms with E-state index in [0.29, 0.717) is 22.5 Å². The van der Waals surface area contributed by atoms with Crippen LogP contribution in [0.5, 0.6) is 0 Å². The zero-order valence-electron chi connectivity index (χ0n) is 18.4. The number of amides is 2. The van der Waals surface area contributed by atoms with Crippen LogP contribution in [0.2, 0.25) is 15.1 Å². The van der Waals surface area contributed by atoms with E-state index in [9.17, 15) is 19.7 Å². The molecule has 0 aliphatic carbocycles. The van der Waals surface area contributed by atoms with Crippen LogP contribution >= 0.6 is 46.6 Å². The number of benzene rings is 2. The summed E-state index contributed by atoms with van der Waals surface area (Å²) in [6, 6.07) is 7.86. The fourth-order valence-corrected chi connectivity index (χ4v) is 4.54. The molecule has 2 amide bonds. The van der Waals surface area contributed by atoms with Gasteiger partial charge in [-0.2, -0.15) is 0 Å². The van der Waals surface area contributed by atoms with Crippen LogP contribution in [0.1, 0.15) is 36.1 Å². The van der Waals surface area contributed by atoms with Gasteiger partial charge in [-0.1, -0.05) is 46.6 Å². The Morgan fingerprint density at radius 2 is 1.89 bits per heavy atom. The van der Waals surface area contributed by atoms with Crippen molar-refractivity contribution >= 4 is 69.8 Å². The highest BCUT2D eigenvalue weighted by Gasteiger charge is 2.21. The van der Waals surface area contributed by atoms with E-state index in [4.69, 9.17) is 34.8 Å². The number of hydrogen-bond donors (Lipinski definition) is 2. The van der Waals surface area contributed by atoms with Crippen LogP contribution < -0.4 is 10.6 Å². The van der Waals surface area contributed by atoms with Gasteiger partial charge in [-0.3, -0.25) is 19.7 Å². The molecule has 184 valence electrons. The Hall–Kier alpha value is -2.86. The topological polar surface area (TPSA) is 132 Å². The number of aromatic nitrogens is 3. The maximum atomic E-state index is 12.6. The first-order valence-corrected chi connectivity index (χ1v) is 12.3. The molecule has 0 aliphatic rings. The highest BCUT2D eigenvalue weighted by molar-refractivity contribution is 7.99. The summed E-state index contributed by atoms with van der Waals surface area (Å²) >= 11 is 19.2. The summed E-state index contributed by atoms with van der Waals surface area (Å²) in [5, 5.41) is 26.0. The summed E-state index contributed by atoms with van der Waals surface area (Å²) in [7, 11) is 0. The SMILES string of the molecule is CCn1c(SCC(=O)Nc2cc([N+](=O)[O-])ccc2Cl)nnc1[C@@H](C)NC(=O)c1ccc(Cl)cc1Cl. The molecule has 35 heavy (non-hydrogen) atoms. The van der Waals surface area contributed by atoms with Gasteiger partial charge in [-0.05, 0) is 38.1 Å². The van der Waals surface area contributed by atoms with Crippen LogP contribution in [-0.2, 0) is 11.3 Å². The van der Waals surface area contributed by atoms with Crippen molar-refractivity contribution in [2.75, 3.05) is 11.1 Å². The normalized spacial score (nSPS) is 11.7. The van der Waals surface area contributed by atoms with E-state index in [0.717, 1.165) is 11.8 Å². The van der Waals surface area contributed by atoms with Gasteiger partial charge in [0.2, 0.25) is 5.91 Å². The number of carbonyl (C=O) groups is 2. The van der Waals surface area contributed by atoms with Crippen LogP contribution in [0.3, 0.4) is 0 Å². The van der Waals surface area contributed by atoms with Gasteiger partial charge in [-0.25, -0.2) is 0 Å². The van der Waals surface area contributed by atoms with Crippen molar-refractivity contribution in [3.8, 4) is 0 Å². The van der Waals surface area contributed by atoms with Gasteiger partial charge in [0.05, 0.1) is 38.0 Å². The lowest BCUT2D eigenvalue weighted by Gasteiger charge is -2.15. The van der Waals surface area contributed by atoms with Gasteiger partial charge in [0.25, 0.3) is 11.6 Å². The van der Waals surface area contributed by atoms with Crippen molar-refractivity contribution in [2.45, 2.75) is 31.6 Å². The zero-order chi connectivity index (χ0) is 25.7. The molecule has 0 bridgehead atoms. The number of thioether (sulfide) groups is 1. The Kier molecular flexibility index (Phi) is 8.95. The largest absolute Gasteiger partial charge is 0.342 e. The minimum atomic E-state index is -0.577. The standard InChI is InChI=1S/C21H19Cl3N6O4S/c1-3-29-19(11(2)25-20(32)14-6-4-12(22)8-16(14)24)27-28-21(29)35-10-18(31)26-17-9-13(30(33)34)5-7-15(17)23/h4-9,11H,3,10H2,1-2H3,(H,25,32)(H,26,31)/t11-/m1/s1. The van der Waals surface area contributed by atoms with E-state index in [2.05, 4.69) is 20.8 Å². The Bertz CT molecular complexity index is 1290. The van der Waals surface area contributed by atoms with Crippen LogP contribution in [0.15, 0.2) is 41.6 Å². The molecule has 3 rings (SSSR count). The monoisotopic (exact) mass is 556 g/mol. The first kappa shape index (κ1) is 26.7. The van der Waals surface area contributed by atoms with Crippen molar-refractivity contribution in [3.05, 3.63) is 73.0 Å². The predicted molar refractivity (Wildman–Crippen MR) is 135 cm³/mol. The molecular formula is C21H19Cl3N6O4S. The Morgan fingerprint density at radius 3 is 2.54 bits per heavy atom. The molecule has 0 saturated carbocycles. The molecule has 1 atom stereocenters. The van der Waals surface area contributed by atoms with E-state index in [1.165, 1.54) is 30.3 Å². The molecule has 0 spiro atoms. The highest BCUT2D eigenvalue weighted by atomic mass is 35.5. The minimum Gasteiger partial charge on any atom is -0.342 e. The van der Waals surface area contributed by atoms with Crippen LogP contribution in [0.4, 0.5) is 11.4 Å². The number of rotatable bonds is 9. The quantitative estimate of drug-likeness (QED) is 0.205. The molecule has 14 heteroatoms. The number of anilines is 1. The summed E-state index contributed by atoms with van der Waals surface area (Å²) < 4.78 is 1.77. The first-order valence-electron chi connectivity index (χ1n) is 10.2. The van der Waals surface area contributed by atoms with Crippen molar-refractivity contribution in [2.24, 2.45) is 0 Å². The van der Waals surface area contributed by atoms with Gasteiger partial charge in [-0.15, -0.1) is 10.2 Å². The lowest BCUT2D eigenvalue weighted by Crippen LogP contribution is -2.29. The van der Waals surface area contributed by atoms with Gasteiger partial charge < -0.3 is 15.2 Å². The number of nitrogens with one attached hydrogen (secondary N) is 2. The average Bonchev–Trinajstić information content (AvgIpc) is 3.22. The average molecular weight is 558 g/mol. The second kappa shape index (κ2) is 11.7. The number of nitro benzene ring substituents is 1. The summed E-state index contributed by atoms with van der Waals surface area (Å²) in [6.07, 6.45) is 0. The third-order valence-electron chi connectivity index (χ3n) is 4.74. The summed E-state index contributed by atoms with van der Waals surface area (Å²) in [5.74, 6) is -0.371. The van der Waals surface area contributed by atoms with Gasteiger partial charge in [0, 0.05) is 23.7 Å². The van der Waals surface area contributed by atoms with E-state index in [-0.39, 0.29) is 32.7 Å². The molecule has 0 radical (unpaired) electrons. The number of nitrogens with zero attached hydrogens (tertiary/aromatic N) is 4. The Labute approximate surface area is 219 Å². The fourth-order valence-electron chi connectivity index (χ4n) is 3.08. The van der Waals surface area contributed by atoms with Crippen molar-refractivity contribution in [3.63, 3.8) is 0 Å². The minimum absolute atomic E-state index is 0.0434. The molecular weight excluding hydrogens is 539 g/mol. The molecule has 1 aromatic heterocycles. The maximum Gasteiger partial charge on any atom is 0.271 e. The lowest BCUT2D eigenvalue weighted by molar-refractivity contribution is -0.384. The molecule has 2 aromatic carbocycles. The number of non-ortho nitro benzene ring substituents is 1. The third kappa shape index (κ3) is 6.63. The van der Waals surface area contributed by atoms with Crippen molar-refractivity contribution in [1.82, 2.24) is 20.1 Å². The molecule has 3 aromatic rings. The smallest absolute Gasteiger partial charge is 0.271 e. The van der Waals surface area contributed by atoms with Crippen molar-refractivity contribution < 1.29 is 14.5 Å². The van der Waals surface area contributed by atoms with Gasteiger partial charge in [0.15, 0.2) is 11.0 Å². The zero-order valence-corrected chi connectivity index (χ0v) is 21.5. The summed E-state index contributed by atoms with van der Waals surface area (Å²) in [5.41, 5.74) is 0.224. The second-order valence-electron chi connectivity index (χ2n) is 7.16. The molecule has 10 nitrogen and oxygen atoms in total. The first-order chi connectivity index (χ1) is 16.6. The molecule has 1 heterocycles. The predicted octanol–water partition coefficient (Wildman–Crippen LogP) is 5.39. The van der Waals surface area contributed by atoms with Gasteiger partial charge >= 0.3 is 0 Å². The molecule has 0 saturated heterocycles. The fraction of sp³-hybridized carbons (Fsp3) is 0.238. The summed E-state index contributed by atoms with van der Waals surface area (Å²) in [4.78, 5) is 35.4.